The number of nitrogens with one attached hydrogen (secondary N) is 1. The molecule has 1 aliphatic heterocycles. The summed E-state index contributed by atoms with van der Waals surface area (Å²) in [7, 11) is 0. The molecule has 0 saturated heterocycles. The highest BCUT2D eigenvalue weighted by Gasteiger charge is 2.37. The molecule has 0 radical (unpaired) electrons. The zero-order valence-electron chi connectivity index (χ0n) is 15.1. The maximum absolute atomic E-state index is 9.83. The second kappa shape index (κ2) is 7.29. The largest absolute Gasteiger partial charge is 0.494 e. The molecule has 0 saturated carbocycles. The Morgan fingerprint density at radius 3 is 2.75 bits per heavy atom. The Labute approximate surface area is 167 Å². The van der Waals surface area contributed by atoms with Crippen molar-refractivity contribution < 1.29 is 9.47 Å². The van der Waals surface area contributed by atoms with Gasteiger partial charge in [0.25, 0.3) is 0 Å². The molecule has 4 rings (SSSR count). The minimum Gasteiger partial charge on any atom is -0.494 e. The van der Waals surface area contributed by atoms with Gasteiger partial charge in [0.2, 0.25) is 11.8 Å². The van der Waals surface area contributed by atoms with Gasteiger partial charge in [-0.3, -0.25) is 5.10 Å². The van der Waals surface area contributed by atoms with E-state index in [2.05, 4.69) is 16.3 Å². The van der Waals surface area contributed by atoms with E-state index < -0.39 is 5.92 Å². The van der Waals surface area contributed by atoms with E-state index in [1.54, 1.807) is 6.07 Å². The average Bonchev–Trinajstić information content (AvgIpc) is 3.11. The van der Waals surface area contributed by atoms with E-state index >= 15 is 0 Å². The quantitative estimate of drug-likeness (QED) is 0.688. The molecule has 140 valence electrons. The first-order valence-corrected chi connectivity index (χ1v) is 9.16. The molecule has 0 fully saturated rings. The highest BCUT2D eigenvalue weighted by molar-refractivity contribution is 6.33. The van der Waals surface area contributed by atoms with Gasteiger partial charge in [-0.2, -0.15) is 5.26 Å². The Kier molecular flexibility index (Phi) is 4.68. The summed E-state index contributed by atoms with van der Waals surface area (Å²) in [6.45, 7) is 2.41. The Hall–Kier alpha value is -3.43. The second-order valence-corrected chi connectivity index (χ2v) is 6.60. The van der Waals surface area contributed by atoms with Crippen molar-refractivity contribution >= 4 is 11.6 Å². The molecule has 28 heavy (non-hydrogen) atoms. The number of aromatic amines is 1. The van der Waals surface area contributed by atoms with Crippen LogP contribution in [0.1, 0.15) is 24.0 Å². The van der Waals surface area contributed by atoms with E-state index in [0.717, 1.165) is 11.1 Å². The Balaban J connectivity index is 1.99. The zero-order valence-corrected chi connectivity index (χ0v) is 15.8. The first-order chi connectivity index (χ1) is 13.7. The van der Waals surface area contributed by atoms with Gasteiger partial charge in [0.05, 0.1) is 23.8 Å². The monoisotopic (exact) mass is 392 g/mol. The van der Waals surface area contributed by atoms with Crippen LogP contribution in [0.4, 0.5) is 0 Å². The lowest BCUT2D eigenvalue weighted by Gasteiger charge is -2.25. The van der Waals surface area contributed by atoms with E-state index in [9.17, 15) is 5.26 Å². The minimum absolute atomic E-state index is 0.0310. The number of nitriles is 1. The number of hydrogen-bond donors (Lipinski definition) is 2. The summed E-state index contributed by atoms with van der Waals surface area (Å²) in [5.74, 6) is 0.530. The van der Waals surface area contributed by atoms with E-state index in [1.807, 2.05) is 49.4 Å². The van der Waals surface area contributed by atoms with Crippen LogP contribution in [0, 0.1) is 11.3 Å². The van der Waals surface area contributed by atoms with Gasteiger partial charge in [-0.15, -0.1) is 5.10 Å². The van der Waals surface area contributed by atoms with Crippen LogP contribution in [0.3, 0.4) is 0 Å². The smallest absolute Gasteiger partial charge is 0.244 e. The second-order valence-electron chi connectivity index (χ2n) is 6.19. The number of para-hydroxylation sites is 1. The summed E-state index contributed by atoms with van der Waals surface area (Å²) in [5, 5.41) is 17.7. The molecule has 2 aromatic carbocycles. The van der Waals surface area contributed by atoms with Crippen molar-refractivity contribution in [1.29, 1.82) is 5.26 Å². The number of fused-ring (bicyclic) bond motifs is 1. The van der Waals surface area contributed by atoms with E-state index in [4.69, 9.17) is 26.8 Å². The van der Waals surface area contributed by atoms with Crippen LogP contribution in [-0.2, 0) is 0 Å². The molecule has 1 atom stereocenters. The molecule has 3 N–H and O–H groups in total. The third-order valence-corrected chi connectivity index (χ3v) is 4.94. The van der Waals surface area contributed by atoms with Crippen molar-refractivity contribution in [3.05, 3.63) is 76.1 Å². The molecule has 7 heteroatoms. The van der Waals surface area contributed by atoms with Gasteiger partial charge in [0.15, 0.2) is 0 Å². The van der Waals surface area contributed by atoms with Gasteiger partial charge >= 0.3 is 0 Å². The molecular weight excluding hydrogens is 376 g/mol. The maximum Gasteiger partial charge on any atom is 0.244 e. The van der Waals surface area contributed by atoms with Gasteiger partial charge in [-0.25, -0.2) is 0 Å². The summed E-state index contributed by atoms with van der Waals surface area (Å²) in [4.78, 5) is 0. The van der Waals surface area contributed by atoms with E-state index in [0.29, 0.717) is 40.1 Å². The number of nitrogens with two attached hydrogens (primary N) is 1. The summed E-state index contributed by atoms with van der Waals surface area (Å²) in [6, 6.07) is 17.2. The van der Waals surface area contributed by atoms with Gasteiger partial charge in [-0.1, -0.05) is 48.0 Å². The Morgan fingerprint density at radius 1 is 1.25 bits per heavy atom. The molecule has 0 unspecified atom stereocenters. The highest BCUT2D eigenvalue weighted by atomic mass is 35.5. The number of hydrogen-bond acceptors (Lipinski definition) is 5. The molecule has 0 amide bonds. The zero-order chi connectivity index (χ0) is 19.7. The number of allylic oxidation sites excluding steroid dienone is 1. The summed E-state index contributed by atoms with van der Waals surface area (Å²) < 4.78 is 11.4. The number of rotatable bonds is 4. The van der Waals surface area contributed by atoms with E-state index in [1.165, 1.54) is 0 Å². The third kappa shape index (κ3) is 2.86. The molecular formula is C21H17ClN4O2. The van der Waals surface area contributed by atoms with Gasteiger partial charge in [0, 0.05) is 16.1 Å². The molecule has 1 aromatic heterocycles. The molecule has 0 spiro atoms. The fourth-order valence-corrected chi connectivity index (χ4v) is 3.66. The van der Waals surface area contributed by atoms with Crippen molar-refractivity contribution in [3.8, 4) is 29.0 Å². The maximum atomic E-state index is 9.83. The number of benzene rings is 2. The lowest BCUT2D eigenvalue weighted by molar-refractivity contribution is 0.334. The number of aromatic nitrogens is 2. The van der Waals surface area contributed by atoms with Crippen LogP contribution in [0.2, 0.25) is 5.02 Å². The summed E-state index contributed by atoms with van der Waals surface area (Å²) in [5.41, 5.74) is 9.30. The summed E-state index contributed by atoms with van der Waals surface area (Å²) in [6.07, 6.45) is 0. The normalized spacial score (nSPS) is 15.5. The molecule has 0 bridgehead atoms. The van der Waals surface area contributed by atoms with Crippen LogP contribution >= 0.6 is 11.6 Å². The van der Waals surface area contributed by atoms with Crippen molar-refractivity contribution in [2.75, 3.05) is 6.61 Å². The Morgan fingerprint density at radius 2 is 2.00 bits per heavy atom. The van der Waals surface area contributed by atoms with Crippen LogP contribution in [0.25, 0.3) is 11.3 Å². The number of nitrogens with zero attached hydrogens (tertiary/aromatic N) is 2. The van der Waals surface area contributed by atoms with Gasteiger partial charge < -0.3 is 15.2 Å². The fraction of sp³-hybridized carbons (Fsp3) is 0.143. The lowest BCUT2D eigenvalue weighted by atomic mass is 9.82. The van der Waals surface area contributed by atoms with Crippen molar-refractivity contribution in [2.45, 2.75) is 12.8 Å². The van der Waals surface area contributed by atoms with Gasteiger partial charge in [-0.05, 0) is 19.1 Å². The Bertz CT molecular complexity index is 1110. The van der Waals surface area contributed by atoms with E-state index in [-0.39, 0.29) is 5.88 Å². The molecule has 2 heterocycles. The van der Waals surface area contributed by atoms with Crippen molar-refractivity contribution in [3.63, 3.8) is 0 Å². The van der Waals surface area contributed by atoms with Crippen molar-refractivity contribution in [1.82, 2.24) is 10.2 Å². The first kappa shape index (κ1) is 18.0. The van der Waals surface area contributed by atoms with Crippen LogP contribution in [0.15, 0.2) is 60.0 Å². The SMILES string of the molecule is CCOc1ccccc1[C@@H]1C(C#N)=C(N)Oc2n[nH]c(-c3ccccc3Cl)c21. The number of ether oxygens (including phenoxy) is 2. The predicted octanol–water partition coefficient (Wildman–Crippen LogP) is 4.35. The third-order valence-electron chi connectivity index (χ3n) is 4.61. The highest BCUT2D eigenvalue weighted by Crippen LogP contribution is 2.48. The minimum atomic E-state index is -0.499. The van der Waals surface area contributed by atoms with Crippen LogP contribution in [-0.4, -0.2) is 16.8 Å². The molecule has 3 aromatic rings. The first-order valence-electron chi connectivity index (χ1n) is 8.78. The van der Waals surface area contributed by atoms with Crippen LogP contribution in [0.5, 0.6) is 11.6 Å². The number of halogens is 1. The molecule has 6 nitrogen and oxygen atoms in total. The lowest BCUT2D eigenvalue weighted by Crippen LogP contribution is -2.21. The van der Waals surface area contributed by atoms with Crippen molar-refractivity contribution in [2.24, 2.45) is 5.73 Å². The topological polar surface area (TPSA) is 96.9 Å². The van der Waals surface area contributed by atoms with Crippen LogP contribution < -0.4 is 15.2 Å². The fourth-order valence-electron chi connectivity index (χ4n) is 3.43. The summed E-state index contributed by atoms with van der Waals surface area (Å²) >= 11 is 6.42. The number of H-pyrrole nitrogens is 1. The average molecular weight is 393 g/mol. The van der Waals surface area contributed by atoms with Gasteiger partial charge in [0.1, 0.15) is 17.4 Å². The molecule has 1 aliphatic rings. The predicted molar refractivity (Wildman–Crippen MR) is 106 cm³/mol. The molecule has 0 aliphatic carbocycles. The standard InChI is InChI=1S/C21H17ClN4O2/c1-2-27-16-10-6-4-8-13(16)17-14(11-23)20(24)28-21-18(17)19(25-26-21)12-7-3-5-9-15(12)22/h3-10,17H,2,24H2,1H3,(H,25,26)/t17-/m1/s1.